The zero-order valence-electron chi connectivity index (χ0n) is 18.5. The Morgan fingerprint density at radius 3 is 2.03 bits per heavy atom. The summed E-state index contributed by atoms with van der Waals surface area (Å²) in [7, 11) is 0. The fraction of sp³-hybridized carbons (Fsp3) is 0.259. The molecule has 0 N–H and O–H groups in total. The van der Waals surface area contributed by atoms with Gasteiger partial charge in [-0.15, -0.1) is 5.06 Å². The van der Waals surface area contributed by atoms with Crippen LogP contribution in [0.1, 0.15) is 44.7 Å². The molecule has 0 atom stereocenters. The highest BCUT2D eigenvalue weighted by atomic mass is 16.7. The van der Waals surface area contributed by atoms with Crippen LogP contribution in [-0.4, -0.2) is 30.1 Å². The number of hydrogen-bond donors (Lipinski definition) is 0. The van der Waals surface area contributed by atoms with Gasteiger partial charge in [-0.3, -0.25) is 14.4 Å². The van der Waals surface area contributed by atoms with Crippen molar-refractivity contribution in [3.05, 3.63) is 95.1 Å². The van der Waals surface area contributed by atoms with Gasteiger partial charge in [0, 0.05) is 11.5 Å². The lowest BCUT2D eigenvalue weighted by molar-refractivity contribution is -0.110. The lowest BCUT2D eigenvalue weighted by atomic mass is 10.1. The number of imide groups is 1. The van der Waals surface area contributed by atoms with Crippen molar-refractivity contribution >= 4 is 11.8 Å². The van der Waals surface area contributed by atoms with Crippen molar-refractivity contribution in [3.63, 3.8) is 0 Å². The number of rotatable bonds is 9. The van der Waals surface area contributed by atoms with Gasteiger partial charge < -0.3 is 9.47 Å². The first-order valence-corrected chi connectivity index (χ1v) is 11.1. The summed E-state index contributed by atoms with van der Waals surface area (Å²) in [6.45, 7) is 3.18. The van der Waals surface area contributed by atoms with Gasteiger partial charge in [0.15, 0.2) is 0 Å². The molecule has 33 heavy (non-hydrogen) atoms. The Morgan fingerprint density at radius 1 is 0.788 bits per heavy atom. The molecule has 0 unspecified atom stereocenters. The number of carbonyl (C=O) groups is 2. The van der Waals surface area contributed by atoms with E-state index in [4.69, 9.17) is 14.3 Å². The lowest BCUT2D eigenvalue weighted by Crippen LogP contribution is -2.33. The average molecular weight is 443 g/mol. The molecule has 1 saturated carbocycles. The molecule has 2 amide bonds. The van der Waals surface area contributed by atoms with Crippen molar-refractivity contribution in [1.29, 1.82) is 0 Å². The maximum absolute atomic E-state index is 12.5. The Morgan fingerprint density at radius 2 is 1.39 bits per heavy atom. The maximum Gasteiger partial charge on any atom is 0.285 e. The summed E-state index contributed by atoms with van der Waals surface area (Å²) in [6, 6.07) is 22.6. The Balaban J connectivity index is 1.17. The number of ether oxygens (including phenoxy) is 2. The number of nitrogens with zero attached hydrogens (tertiary/aromatic N) is 1. The Bertz CT molecular complexity index is 1150. The summed E-state index contributed by atoms with van der Waals surface area (Å²) in [5.74, 6) is 0.656. The first kappa shape index (κ1) is 21.2. The van der Waals surface area contributed by atoms with Gasteiger partial charge in [0.05, 0.1) is 24.3 Å². The minimum atomic E-state index is -0.411. The molecule has 6 nitrogen and oxygen atoms in total. The molecule has 168 valence electrons. The van der Waals surface area contributed by atoms with Crippen LogP contribution in [0.25, 0.3) is 0 Å². The van der Waals surface area contributed by atoms with E-state index in [1.54, 1.807) is 24.3 Å². The van der Waals surface area contributed by atoms with Crippen molar-refractivity contribution in [2.45, 2.75) is 26.4 Å². The van der Waals surface area contributed by atoms with Crippen LogP contribution in [0.15, 0.2) is 72.8 Å². The molecule has 1 aliphatic heterocycles. The smallest absolute Gasteiger partial charge is 0.285 e. The average Bonchev–Trinajstić information content (AvgIpc) is 3.57. The molecular formula is C27H25NO5. The SMILES string of the molecule is Cc1cc(OCc2ccccc2)cc(OCC2(CON3C(=O)c4ccccc4C3=O)CC2)c1. The van der Waals surface area contributed by atoms with E-state index in [9.17, 15) is 9.59 Å². The molecule has 0 spiro atoms. The van der Waals surface area contributed by atoms with Crippen LogP contribution < -0.4 is 9.47 Å². The van der Waals surface area contributed by atoms with Crippen LogP contribution in [0, 0.1) is 12.3 Å². The van der Waals surface area contributed by atoms with E-state index in [0.29, 0.717) is 24.3 Å². The van der Waals surface area contributed by atoms with Crippen molar-refractivity contribution in [1.82, 2.24) is 5.06 Å². The second-order valence-electron chi connectivity index (χ2n) is 8.77. The standard InChI is InChI=1S/C27H25NO5/c1-19-13-21(31-16-20-7-3-2-4-8-20)15-22(14-19)32-17-27(11-12-27)18-33-28-25(29)23-9-5-6-10-24(23)26(28)30/h2-10,13-15H,11-12,16-18H2,1H3. The van der Waals surface area contributed by atoms with Crippen molar-refractivity contribution < 1.29 is 23.9 Å². The van der Waals surface area contributed by atoms with E-state index in [1.807, 2.05) is 55.5 Å². The van der Waals surface area contributed by atoms with Gasteiger partial charge in [0.2, 0.25) is 0 Å². The van der Waals surface area contributed by atoms with Crippen LogP contribution in [0.2, 0.25) is 0 Å². The second kappa shape index (κ2) is 8.71. The van der Waals surface area contributed by atoms with E-state index in [0.717, 1.165) is 40.5 Å². The number of benzene rings is 3. The van der Waals surface area contributed by atoms with Crippen LogP contribution in [-0.2, 0) is 11.4 Å². The van der Waals surface area contributed by atoms with Crippen molar-refractivity contribution in [2.75, 3.05) is 13.2 Å². The molecule has 1 heterocycles. The van der Waals surface area contributed by atoms with Gasteiger partial charge in [0.25, 0.3) is 11.8 Å². The largest absolute Gasteiger partial charge is 0.493 e. The fourth-order valence-corrected chi connectivity index (χ4v) is 3.85. The van der Waals surface area contributed by atoms with E-state index in [1.165, 1.54) is 0 Å². The third-order valence-electron chi connectivity index (χ3n) is 6.03. The number of carbonyl (C=O) groups excluding carboxylic acids is 2. The third-order valence-corrected chi connectivity index (χ3v) is 6.03. The van der Waals surface area contributed by atoms with E-state index >= 15 is 0 Å². The highest BCUT2D eigenvalue weighted by Gasteiger charge is 2.46. The van der Waals surface area contributed by atoms with Gasteiger partial charge in [0.1, 0.15) is 18.1 Å². The molecule has 3 aromatic carbocycles. The van der Waals surface area contributed by atoms with E-state index in [-0.39, 0.29) is 12.0 Å². The molecule has 0 aromatic heterocycles. The number of fused-ring (bicyclic) bond motifs is 1. The van der Waals surface area contributed by atoms with Crippen LogP contribution in [0.5, 0.6) is 11.5 Å². The second-order valence-corrected chi connectivity index (χ2v) is 8.77. The third kappa shape index (κ3) is 4.61. The highest BCUT2D eigenvalue weighted by Crippen LogP contribution is 2.46. The van der Waals surface area contributed by atoms with E-state index in [2.05, 4.69) is 0 Å². The van der Waals surface area contributed by atoms with Gasteiger partial charge in [-0.05, 0) is 55.2 Å². The van der Waals surface area contributed by atoms with Gasteiger partial charge in [-0.25, -0.2) is 0 Å². The number of hydrogen-bond acceptors (Lipinski definition) is 5. The predicted molar refractivity (Wildman–Crippen MR) is 122 cm³/mol. The maximum atomic E-state index is 12.5. The van der Waals surface area contributed by atoms with Gasteiger partial charge in [-0.1, -0.05) is 42.5 Å². The number of hydroxylamine groups is 2. The molecule has 0 bridgehead atoms. The molecule has 2 aliphatic rings. The summed E-state index contributed by atoms with van der Waals surface area (Å²) in [5, 5.41) is 0.882. The molecular weight excluding hydrogens is 418 g/mol. The zero-order valence-corrected chi connectivity index (χ0v) is 18.5. The van der Waals surface area contributed by atoms with Crippen molar-refractivity contribution in [2.24, 2.45) is 5.41 Å². The summed E-state index contributed by atoms with van der Waals surface area (Å²) in [5.41, 5.74) is 2.70. The quantitative estimate of drug-likeness (QED) is 0.438. The first-order chi connectivity index (χ1) is 16.0. The summed E-state index contributed by atoms with van der Waals surface area (Å²) >= 11 is 0. The Kier molecular flexibility index (Phi) is 5.60. The molecule has 1 aliphatic carbocycles. The molecule has 0 saturated heterocycles. The lowest BCUT2D eigenvalue weighted by Gasteiger charge is -2.20. The zero-order chi connectivity index (χ0) is 22.8. The predicted octanol–water partition coefficient (Wildman–Crippen LogP) is 4.96. The summed E-state index contributed by atoms with van der Waals surface area (Å²) in [4.78, 5) is 30.7. The minimum Gasteiger partial charge on any atom is -0.493 e. The molecule has 5 rings (SSSR count). The molecule has 0 radical (unpaired) electrons. The molecule has 1 fully saturated rings. The monoisotopic (exact) mass is 443 g/mol. The summed E-state index contributed by atoms with van der Waals surface area (Å²) < 4.78 is 12.0. The molecule has 3 aromatic rings. The normalized spacial score (nSPS) is 16.0. The topological polar surface area (TPSA) is 65.1 Å². The Hall–Kier alpha value is -3.64. The van der Waals surface area contributed by atoms with E-state index < -0.39 is 11.8 Å². The highest BCUT2D eigenvalue weighted by molar-refractivity contribution is 6.20. The minimum absolute atomic E-state index is 0.204. The van der Waals surface area contributed by atoms with Crippen LogP contribution in [0.3, 0.4) is 0 Å². The number of aryl methyl sites for hydroxylation is 1. The van der Waals surface area contributed by atoms with Crippen LogP contribution in [0.4, 0.5) is 0 Å². The van der Waals surface area contributed by atoms with Gasteiger partial charge >= 0.3 is 0 Å². The number of amides is 2. The fourth-order valence-electron chi connectivity index (χ4n) is 3.85. The van der Waals surface area contributed by atoms with Gasteiger partial charge in [-0.2, -0.15) is 0 Å². The summed E-state index contributed by atoms with van der Waals surface area (Å²) in [6.07, 6.45) is 1.83. The van der Waals surface area contributed by atoms with Crippen molar-refractivity contribution in [3.8, 4) is 11.5 Å². The first-order valence-electron chi connectivity index (χ1n) is 11.1. The van der Waals surface area contributed by atoms with Crippen LogP contribution >= 0.6 is 0 Å². The Labute approximate surface area is 192 Å². The molecule has 6 heteroatoms.